The van der Waals surface area contributed by atoms with E-state index in [0.717, 1.165) is 40.0 Å². The van der Waals surface area contributed by atoms with Gasteiger partial charge in [0.05, 0.1) is 6.61 Å². The Morgan fingerprint density at radius 1 is 1.12 bits per heavy atom. The molecule has 1 fully saturated rings. The predicted octanol–water partition coefficient (Wildman–Crippen LogP) is 4.86. The standard InChI is InChI=1S/C22H23NO2S/c1-23-12-20(17-5-3-4-6-18(17)22(23)24)19-11-16(14-26-2)9-10-21(19)25-13-15-7-8-15/h3-6,9-12,15H,7-8,13-14H2,1-2H3. The lowest BCUT2D eigenvalue weighted by Gasteiger charge is -2.16. The largest absolute Gasteiger partial charge is 0.493 e. The van der Waals surface area contributed by atoms with Crippen molar-refractivity contribution in [3.8, 4) is 16.9 Å². The highest BCUT2D eigenvalue weighted by Crippen LogP contribution is 2.37. The maximum Gasteiger partial charge on any atom is 0.258 e. The van der Waals surface area contributed by atoms with Crippen LogP contribution in [0.1, 0.15) is 18.4 Å². The van der Waals surface area contributed by atoms with Gasteiger partial charge in [0, 0.05) is 35.5 Å². The van der Waals surface area contributed by atoms with Gasteiger partial charge in [0.25, 0.3) is 5.56 Å². The molecule has 0 amide bonds. The summed E-state index contributed by atoms with van der Waals surface area (Å²) in [4.78, 5) is 12.5. The van der Waals surface area contributed by atoms with E-state index < -0.39 is 0 Å². The first-order chi connectivity index (χ1) is 12.7. The highest BCUT2D eigenvalue weighted by Gasteiger charge is 2.23. The first kappa shape index (κ1) is 17.2. The molecule has 3 aromatic rings. The lowest BCUT2D eigenvalue weighted by Crippen LogP contribution is -2.16. The average molecular weight is 365 g/mol. The molecular weight excluding hydrogens is 342 g/mol. The number of nitrogens with zero attached hydrogens (tertiary/aromatic N) is 1. The first-order valence-electron chi connectivity index (χ1n) is 9.01. The zero-order valence-corrected chi connectivity index (χ0v) is 16.0. The maximum atomic E-state index is 12.5. The van der Waals surface area contributed by atoms with Crippen LogP contribution in [0.3, 0.4) is 0 Å². The van der Waals surface area contributed by atoms with Crippen molar-refractivity contribution in [2.24, 2.45) is 13.0 Å². The van der Waals surface area contributed by atoms with Gasteiger partial charge in [-0.1, -0.05) is 24.3 Å². The van der Waals surface area contributed by atoms with Crippen LogP contribution in [0.5, 0.6) is 5.75 Å². The molecule has 1 saturated carbocycles. The van der Waals surface area contributed by atoms with Gasteiger partial charge >= 0.3 is 0 Å². The van der Waals surface area contributed by atoms with Crippen molar-refractivity contribution in [3.05, 3.63) is 64.6 Å². The summed E-state index contributed by atoms with van der Waals surface area (Å²) in [6.07, 6.45) is 6.58. The maximum absolute atomic E-state index is 12.5. The van der Waals surface area contributed by atoms with Crippen LogP contribution in [0, 0.1) is 5.92 Å². The molecule has 1 aliphatic rings. The minimum absolute atomic E-state index is 0.0325. The number of hydrogen-bond donors (Lipinski definition) is 0. The first-order valence-corrected chi connectivity index (χ1v) is 10.4. The molecule has 0 aliphatic heterocycles. The summed E-state index contributed by atoms with van der Waals surface area (Å²) in [6.45, 7) is 0.776. The fraction of sp³-hybridized carbons (Fsp3) is 0.318. The Labute approximate surface area is 158 Å². The molecule has 4 heteroatoms. The number of hydrogen-bond acceptors (Lipinski definition) is 3. The molecule has 1 heterocycles. The highest BCUT2D eigenvalue weighted by atomic mass is 32.2. The third kappa shape index (κ3) is 3.38. The molecule has 1 aliphatic carbocycles. The number of rotatable bonds is 6. The van der Waals surface area contributed by atoms with E-state index in [1.165, 1.54) is 18.4 Å². The Kier molecular flexibility index (Phi) is 4.77. The fourth-order valence-corrected chi connectivity index (χ4v) is 3.81. The third-order valence-corrected chi connectivity index (χ3v) is 5.53. The molecule has 0 N–H and O–H groups in total. The Morgan fingerprint density at radius 2 is 1.88 bits per heavy atom. The molecule has 0 saturated heterocycles. The van der Waals surface area contributed by atoms with Crippen LogP contribution in [0.4, 0.5) is 0 Å². The number of benzene rings is 2. The summed E-state index contributed by atoms with van der Waals surface area (Å²) in [5.74, 6) is 2.57. The van der Waals surface area contributed by atoms with Gasteiger partial charge < -0.3 is 9.30 Å². The number of aryl methyl sites for hydroxylation is 1. The van der Waals surface area contributed by atoms with E-state index in [1.807, 2.05) is 37.5 Å². The Morgan fingerprint density at radius 3 is 2.62 bits per heavy atom. The van der Waals surface area contributed by atoms with Crippen LogP contribution >= 0.6 is 11.8 Å². The van der Waals surface area contributed by atoms with E-state index in [9.17, 15) is 4.79 Å². The minimum Gasteiger partial charge on any atom is -0.493 e. The number of aromatic nitrogens is 1. The minimum atomic E-state index is 0.0325. The monoisotopic (exact) mass is 365 g/mol. The highest BCUT2D eigenvalue weighted by molar-refractivity contribution is 7.97. The smallest absolute Gasteiger partial charge is 0.258 e. The van der Waals surface area contributed by atoms with Gasteiger partial charge in [0.2, 0.25) is 0 Å². The van der Waals surface area contributed by atoms with Crippen molar-refractivity contribution < 1.29 is 4.74 Å². The number of pyridine rings is 1. The van der Waals surface area contributed by atoms with Crippen LogP contribution in [-0.2, 0) is 12.8 Å². The van der Waals surface area contributed by atoms with Gasteiger partial charge in [0.15, 0.2) is 0 Å². The van der Waals surface area contributed by atoms with E-state index >= 15 is 0 Å². The summed E-state index contributed by atoms with van der Waals surface area (Å²) >= 11 is 1.81. The summed E-state index contributed by atoms with van der Waals surface area (Å²) in [6, 6.07) is 14.3. The number of thioether (sulfide) groups is 1. The van der Waals surface area contributed by atoms with Gasteiger partial charge in [-0.3, -0.25) is 4.79 Å². The van der Waals surface area contributed by atoms with E-state index in [4.69, 9.17) is 4.74 Å². The van der Waals surface area contributed by atoms with Crippen molar-refractivity contribution in [2.45, 2.75) is 18.6 Å². The van der Waals surface area contributed by atoms with Gasteiger partial charge in [-0.15, -0.1) is 0 Å². The van der Waals surface area contributed by atoms with Gasteiger partial charge in [-0.2, -0.15) is 11.8 Å². The van der Waals surface area contributed by atoms with Crippen molar-refractivity contribution in [3.63, 3.8) is 0 Å². The summed E-state index contributed by atoms with van der Waals surface area (Å²) in [7, 11) is 1.81. The molecule has 0 spiro atoms. The molecule has 2 aromatic carbocycles. The Balaban J connectivity index is 1.89. The molecule has 4 rings (SSSR count). The molecular formula is C22H23NO2S. The molecule has 0 bridgehead atoms. The van der Waals surface area contributed by atoms with E-state index in [2.05, 4.69) is 24.5 Å². The van der Waals surface area contributed by atoms with Crippen LogP contribution < -0.4 is 10.3 Å². The van der Waals surface area contributed by atoms with E-state index in [-0.39, 0.29) is 5.56 Å². The van der Waals surface area contributed by atoms with Crippen LogP contribution in [-0.4, -0.2) is 17.4 Å². The molecule has 134 valence electrons. The molecule has 26 heavy (non-hydrogen) atoms. The van der Waals surface area contributed by atoms with Crippen LogP contribution in [0.15, 0.2) is 53.5 Å². The van der Waals surface area contributed by atoms with Crippen molar-refractivity contribution in [2.75, 3.05) is 12.9 Å². The second-order valence-corrected chi connectivity index (χ2v) is 7.89. The van der Waals surface area contributed by atoms with Crippen molar-refractivity contribution >= 4 is 22.5 Å². The number of ether oxygens (including phenoxy) is 1. The molecule has 0 atom stereocenters. The topological polar surface area (TPSA) is 31.2 Å². The zero-order valence-electron chi connectivity index (χ0n) is 15.2. The lowest BCUT2D eigenvalue weighted by molar-refractivity contribution is 0.301. The second kappa shape index (κ2) is 7.20. The second-order valence-electron chi connectivity index (χ2n) is 7.02. The van der Waals surface area contributed by atoms with Crippen LogP contribution in [0.2, 0.25) is 0 Å². The van der Waals surface area contributed by atoms with Gasteiger partial charge in [-0.25, -0.2) is 0 Å². The molecule has 0 unspecified atom stereocenters. The third-order valence-electron chi connectivity index (χ3n) is 4.91. The predicted molar refractivity (Wildman–Crippen MR) is 110 cm³/mol. The summed E-state index contributed by atoms with van der Waals surface area (Å²) < 4.78 is 7.84. The van der Waals surface area contributed by atoms with E-state index in [0.29, 0.717) is 5.92 Å². The van der Waals surface area contributed by atoms with E-state index in [1.54, 1.807) is 16.3 Å². The lowest BCUT2D eigenvalue weighted by atomic mass is 9.98. The summed E-state index contributed by atoms with van der Waals surface area (Å²) in [5.41, 5.74) is 3.43. The average Bonchev–Trinajstić information content (AvgIpc) is 3.48. The van der Waals surface area contributed by atoms with Gasteiger partial charge in [0.1, 0.15) is 5.75 Å². The normalized spacial score (nSPS) is 13.9. The van der Waals surface area contributed by atoms with Crippen molar-refractivity contribution in [1.82, 2.24) is 4.57 Å². The Bertz CT molecular complexity index is 1000. The SMILES string of the molecule is CSCc1ccc(OCC2CC2)c(-c2cn(C)c(=O)c3ccccc23)c1. The summed E-state index contributed by atoms with van der Waals surface area (Å²) in [5, 5.41) is 1.73. The quantitative estimate of drug-likeness (QED) is 0.625. The number of fused-ring (bicyclic) bond motifs is 1. The van der Waals surface area contributed by atoms with Crippen LogP contribution in [0.25, 0.3) is 21.9 Å². The Hall–Kier alpha value is -2.20. The molecule has 0 radical (unpaired) electrons. The zero-order chi connectivity index (χ0) is 18.1. The molecule has 1 aromatic heterocycles. The molecule has 3 nitrogen and oxygen atoms in total. The fourth-order valence-electron chi connectivity index (χ4n) is 3.29. The van der Waals surface area contributed by atoms with Gasteiger partial charge in [-0.05, 0) is 54.2 Å². The van der Waals surface area contributed by atoms with Crippen molar-refractivity contribution in [1.29, 1.82) is 0 Å².